The molecule has 0 unspecified atom stereocenters. The van der Waals surface area contributed by atoms with Crippen molar-refractivity contribution in [3.05, 3.63) is 29.3 Å². The Balaban J connectivity index is 1.86. The fourth-order valence-electron chi connectivity index (χ4n) is 2.25. The summed E-state index contributed by atoms with van der Waals surface area (Å²) >= 11 is 5.89. The minimum absolute atomic E-state index is 0.526. The molecule has 110 valence electrons. The number of halogens is 1. The average Bonchev–Trinajstić information content (AvgIpc) is 3.04. The van der Waals surface area contributed by atoms with Gasteiger partial charge in [-0.25, -0.2) is 0 Å². The maximum Gasteiger partial charge on any atom is 0.233 e. The van der Waals surface area contributed by atoms with Crippen LogP contribution in [0.3, 0.4) is 0 Å². The SMILES string of the molecule is CNc1nc(Nc2ccc(Cl)cc2)nc(N2CCCC2)n1. The van der Waals surface area contributed by atoms with Crippen LogP contribution in [0, 0.1) is 0 Å². The minimum atomic E-state index is 0.526. The Morgan fingerprint density at radius 3 is 2.33 bits per heavy atom. The maximum atomic E-state index is 5.89. The van der Waals surface area contributed by atoms with Crippen molar-refractivity contribution < 1.29 is 0 Å². The van der Waals surface area contributed by atoms with Crippen molar-refractivity contribution in [2.75, 3.05) is 35.7 Å². The number of rotatable bonds is 4. The number of anilines is 4. The Hall–Kier alpha value is -2.08. The number of nitrogens with one attached hydrogen (secondary N) is 2. The molecule has 1 fully saturated rings. The van der Waals surface area contributed by atoms with Gasteiger partial charge in [-0.2, -0.15) is 15.0 Å². The van der Waals surface area contributed by atoms with Gasteiger partial charge in [0.1, 0.15) is 0 Å². The second kappa shape index (κ2) is 6.13. The molecule has 2 N–H and O–H groups in total. The highest BCUT2D eigenvalue weighted by atomic mass is 35.5. The van der Waals surface area contributed by atoms with Crippen LogP contribution in [0.15, 0.2) is 24.3 Å². The van der Waals surface area contributed by atoms with E-state index in [0.717, 1.165) is 18.8 Å². The molecule has 0 amide bonds. The molecular weight excluding hydrogens is 288 g/mol. The molecule has 0 saturated carbocycles. The lowest BCUT2D eigenvalue weighted by molar-refractivity contribution is 0.885. The zero-order valence-electron chi connectivity index (χ0n) is 11.8. The molecule has 1 aromatic heterocycles. The van der Waals surface area contributed by atoms with Crippen molar-refractivity contribution in [1.29, 1.82) is 0 Å². The fraction of sp³-hybridized carbons (Fsp3) is 0.357. The summed E-state index contributed by atoms with van der Waals surface area (Å²) in [5.74, 6) is 1.80. The third kappa shape index (κ3) is 3.33. The second-order valence-corrected chi connectivity index (χ2v) is 5.30. The van der Waals surface area contributed by atoms with E-state index < -0.39 is 0 Å². The molecule has 0 bridgehead atoms. The molecule has 21 heavy (non-hydrogen) atoms. The Morgan fingerprint density at radius 2 is 1.67 bits per heavy atom. The van der Waals surface area contributed by atoms with Crippen LogP contribution < -0.4 is 15.5 Å². The van der Waals surface area contributed by atoms with Crippen LogP contribution >= 0.6 is 11.6 Å². The van der Waals surface area contributed by atoms with Gasteiger partial charge in [0.2, 0.25) is 17.8 Å². The summed E-state index contributed by atoms with van der Waals surface area (Å²) in [5.41, 5.74) is 0.889. The molecule has 0 atom stereocenters. The van der Waals surface area contributed by atoms with Gasteiger partial charge < -0.3 is 15.5 Å². The molecule has 3 rings (SSSR count). The van der Waals surface area contributed by atoms with Gasteiger partial charge in [-0.15, -0.1) is 0 Å². The van der Waals surface area contributed by atoms with E-state index >= 15 is 0 Å². The van der Waals surface area contributed by atoms with Gasteiger partial charge in [-0.3, -0.25) is 0 Å². The van der Waals surface area contributed by atoms with E-state index in [4.69, 9.17) is 11.6 Å². The summed E-state index contributed by atoms with van der Waals surface area (Å²) in [7, 11) is 1.80. The lowest BCUT2D eigenvalue weighted by Gasteiger charge is -2.16. The lowest BCUT2D eigenvalue weighted by atomic mass is 10.3. The molecule has 0 spiro atoms. The van der Waals surface area contributed by atoms with E-state index in [2.05, 4.69) is 30.5 Å². The van der Waals surface area contributed by atoms with Gasteiger partial charge in [0.15, 0.2) is 0 Å². The Labute approximate surface area is 128 Å². The lowest BCUT2D eigenvalue weighted by Crippen LogP contribution is -2.21. The van der Waals surface area contributed by atoms with Crippen LogP contribution in [-0.2, 0) is 0 Å². The number of nitrogens with zero attached hydrogens (tertiary/aromatic N) is 4. The number of aromatic nitrogens is 3. The first kappa shape index (κ1) is 13.9. The van der Waals surface area contributed by atoms with Crippen LogP contribution in [-0.4, -0.2) is 35.1 Å². The first-order valence-electron chi connectivity index (χ1n) is 6.96. The number of hydrogen-bond donors (Lipinski definition) is 2. The summed E-state index contributed by atoms with van der Waals surface area (Å²) < 4.78 is 0. The standard InChI is InChI=1S/C14H17ClN6/c1-16-12-18-13(17-11-6-4-10(15)5-7-11)20-14(19-12)21-8-2-3-9-21/h4-7H,2-3,8-9H2,1H3,(H2,16,17,18,19,20). The van der Waals surface area contributed by atoms with Crippen molar-refractivity contribution in [2.24, 2.45) is 0 Å². The molecule has 7 heteroatoms. The molecule has 2 aromatic rings. The molecule has 6 nitrogen and oxygen atoms in total. The van der Waals surface area contributed by atoms with Gasteiger partial charge in [0.25, 0.3) is 0 Å². The quantitative estimate of drug-likeness (QED) is 0.905. The van der Waals surface area contributed by atoms with Crippen LogP contribution in [0.25, 0.3) is 0 Å². The average molecular weight is 305 g/mol. The summed E-state index contributed by atoms with van der Waals surface area (Å²) in [4.78, 5) is 15.4. The van der Waals surface area contributed by atoms with Crippen LogP contribution in [0.5, 0.6) is 0 Å². The van der Waals surface area contributed by atoms with Crippen molar-refractivity contribution in [1.82, 2.24) is 15.0 Å². The van der Waals surface area contributed by atoms with E-state index in [1.165, 1.54) is 12.8 Å². The molecule has 1 aliphatic rings. The normalized spacial score (nSPS) is 14.3. The van der Waals surface area contributed by atoms with Gasteiger partial charge in [0.05, 0.1) is 0 Å². The Bertz CT molecular complexity index is 609. The molecule has 1 saturated heterocycles. The van der Waals surface area contributed by atoms with E-state index in [-0.39, 0.29) is 0 Å². The highest BCUT2D eigenvalue weighted by Crippen LogP contribution is 2.21. The largest absolute Gasteiger partial charge is 0.357 e. The minimum Gasteiger partial charge on any atom is -0.357 e. The Kier molecular flexibility index (Phi) is 4.06. The predicted octanol–water partition coefficient (Wildman–Crippen LogP) is 2.91. The fourth-order valence-corrected chi connectivity index (χ4v) is 2.38. The van der Waals surface area contributed by atoms with E-state index in [1.807, 2.05) is 24.3 Å². The first-order chi connectivity index (χ1) is 10.2. The molecule has 1 aromatic carbocycles. The molecular formula is C14H17ClN6. The van der Waals surface area contributed by atoms with Gasteiger partial charge >= 0.3 is 0 Å². The second-order valence-electron chi connectivity index (χ2n) is 4.86. The number of hydrogen-bond acceptors (Lipinski definition) is 6. The highest BCUT2D eigenvalue weighted by molar-refractivity contribution is 6.30. The van der Waals surface area contributed by atoms with Crippen molar-refractivity contribution >= 4 is 35.1 Å². The van der Waals surface area contributed by atoms with Gasteiger partial charge in [-0.1, -0.05) is 11.6 Å². The van der Waals surface area contributed by atoms with Crippen molar-refractivity contribution in [3.8, 4) is 0 Å². The predicted molar refractivity (Wildman–Crippen MR) is 85.6 cm³/mol. The summed E-state index contributed by atoms with van der Waals surface area (Å²) in [6.07, 6.45) is 2.36. The summed E-state index contributed by atoms with van der Waals surface area (Å²) in [5, 5.41) is 6.86. The van der Waals surface area contributed by atoms with Crippen molar-refractivity contribution in [2.45, 2.75) is 12.8 Å². The van der Waals surface area contributed by atoms with Crippen LogP contribution in [0.4, 0.5) is 23.5 Å². The topological polar surface area (TPSA) is 66.0 Å². The zero-order chi connectivity index (χ0) is 14.7. The van der Waals surface area contributed by atoms with E-state index in [9.17, 15) is 0 Å². The Morgan fingerprint density at radius 1 is 1.00 bits per heavy atom. The van der Waals surface area contributed by atoms with E-state index in [1.54, 1.807) is 7.05 Å². The zero-order valence-corrected chi connectivity index (χ0v) is 12.6. The molecule has 0 radical (unpaired) electrons. The maximum absolute atomic E-state index is 5.89. The first-order valence-corrected chi connectivity index (χ1v) is 7.34. The summed E-state index contributed by atoms with van der Waals surface area (Å²) in [6, 6.07) is 7.43. The smallest absolute Gasteiger partial charge is 0.233 e. The van der Waals surface area contributed by atoms with E-state index in [0.29, 0.717) is 22.9 Å². The van der Waals surface area contributed by atoms with Crippen LogP contribution in [0.1, 0.15) is 12.8 Å². The monoisotopic (exact) mass is 304 g/mol. The number of benzene rings is 1. The third-order valence-corrected chi connectivity index (χ3v) is 3.59. The molecule has 0 aliphatic carbocycles. The highest BCUT2D eigenvalue weighted by Gasteiger charge is 2.17. The molecule has 1 aliphatic heterocycles. The van der Waals surface area contributed by atoms with Crippen molar-refractivity contribution in [3.63, 3.8) is 0 Å². The molecule has 2 heterocycles. The van der Waals surface area contributed by atoms with Gasteiger partial charge in [-0.05, 0) is 37.1 Å². The third-order valence-electron chi connectivity index (χ3n) is 3.34. The van der Waals surface area contributed by atoms with Crippen LogP contribution in [0.2, 0.25) is 5.02 Å². The summed E-state index contributed by atoms with van der Waals surface area (Å²) in [6.45, 7) is 1.99. The van der Waals surface area contributed by atoms with Gasteiger partial charge in [0, 0.05) is 30.8 Å².